The fourth-order valence-electron chi connectivity index (χ4n) is 3.30. The number of halogens is 2. The van der Waals surface area contributed by atoms with Crippen LogP contribution in [0.4, 0.5) is 20.3 Å². The molecule has 1 aromatic heterocycles. The number of hydrogen-bond acceptors (Lipinski definition) is 4. The second-order valence-electron chi connectivity index (χ2n) is 7.14. The first-order valence-electron chi connectivity index (χ1n) is 9.90. The first-order valence-corrected chi connectivity index (χ1v) is 9.90. The molecule has 2 N–H and O–H groups in total. The third kappa shape index (κ3) is 4.94. The van der Waals surface area contributed by atoms with Crippen molar-refractivity contribution in [1.82, 2.24) is 4.98 Å². The molecule has 31 heavy (non-hydrogen) atoms. The number of aryl methyl sites for hydroxylation is 1. The molecule has 2 aromatic carbocycles. The maximum atomic E-state index is 14.6. The molecule has 0 bridgehead atoms. The van der Waals surface area contributed by atoms with Gasteiger partial charge < -0.3 is 10.6 Å². The van der Waals surface area contributed by atoms with Gasteiger partial charge in [-0.25, -0.2) is 13.8 Å². The van der Waals surface area contributed by atoms with Crippen molar-refractivity contribution in [3.05, 3.63) is 77.5 Å². The highest BCUT2D eigenvalue weighted by molar-refractivity contribution is 5.97. The first-order chi connectivity index (χ1) is 14.8. The minimum absolute atomic E-state index is 0.0309. The Morgan fingerprint density at radius 1 is 1.03 bits per heavy atom. The molecule has 0 aliphatic rings. The van der Waals surface area contributed by atoms with E-state index in [4.69, 9.17) is 5.73 Å². The third-order valence-corrected chi connectivity index (χ3v) is 5.14. The highest BCUT2D eigenvalue weighted by atomic mass is 19.1. The molecule has 5 nitrogen and oxygen atoms in total. The normalized spacial score (nSPS) is 10.7. The highest BCUT2D eigenvalue weighted by Crippen LogP contribution is 2.28. The lowest BCUT2D eigenvalue weighted by Crippen LogP contribution is -2.25. The zero-order valence-electron chi connectivity index (χ0n) is 17.4. The fraction of sp³-hybridized carbons (Fsp3) is 0.208. The quantitative estimate of drug-likeness (QED) is 0.554. The molecule has 0 aliphatic heterocycles. The van der Waals surface area contributed by atoms with Gasteiger partial charge >= 0.3 is 0 Å². The number of amides is 1. The lowest BCUT2D eigenvalue weighted by atomic mass is 9.98. The predicted octanol–water partition coefficient (Wildman–Crippen LogP) is 4.80. The summed E-state index contributed by atoms with van der Waals surface area (Å²) in [6.45, 7) is 1.70. The minimum Gasteiger partial charge on any atom is -0.383 e. The van der Waals surface area contributed by atoms with E-state index in [-0.39, 0.29) is 35.8 Å². The average Bonchev–Trinajstić information content (AvgIpc) is 2.77. The van der Waals surface area contributed by atoms with Crippen LogP contribution in [0.15, 0.2) is 54.7 Å². The Morgan fingerprint density at radius 2 is 1.71 bits per heavy atom. The van der Waals surface area contributed by atoms with Crippen LogP contribution in [0.5, 0.6) is 0 Å². The van der Waals surface area contributed by atoms with E-state index in [1.165, 1.54) is 36.2 Å². The van der Waals surface area contributed by atoms with Gasteiger partial charge in [-0.2, -0.15) is 0 Å². The van der Waals surface area contributed by atoms with Gasteiger partial charge in [0.15, 0.2) is 5.78 Å². The van der Waals surface area contributed by atoms with Gasteiger partial charge in [-0.1, -0.05) is 25.1 Å². The van der Waals surface area contributed by atoms with Gasteiger partial charge in [0.05, 0.1) is 11.3 Å². The third-order valence-electron chi connectivity index (χ3n) is 5.14. The van der Waals surface area contributed by atoms with Crippen molar-refractivity contribution >= 4 is 23.2 Å². The number of nitrogens with two attached hydrogens (primary N) is 1. The summed E-state index contributed by atoms with van der Waals surface area (Å²) >= 11 is 0. The molecule has 0 radical (unpaired) electrons. The van der Waals surface area contributed by atoms with Crippen molar-refractivity contribution in [1.29, 1.82) is 0 Å². The number of pyridine rings is 1. The van der Waals surface area contributed by atoms with Crippen LogP contribution < -0.4 is 10.6 Å². The molecule has 0 fully saturated rings. The fourth-order valence-corrected chi connectivity index (χ4v) is 3.30. The molecule has 0 aliphatic carbocycles. The molecule has 0 saturated carbocycles. The van der Waals surface area contributed by atoms with Crippen molar-refractivity contribution < 1.29 is 18.4 Å². The maximum Gasteiger partial charge on any atom is 0.226 e. The van der Waals surface area contributed by atoms with Crippen LogP contribution in [0.2, 0.25) is 0 Å². The Kier molecular flexibility index (Phi) is 6.74. The van der Waals surface area contributed by atoms with Crippen LogP contribution in [0, 0.1) is 11.6 Å². The second kappa shape index (κ2) is 9.47. The zero-order valence-corrected chi connectivity index (χ0v) is 17.4. The molecular weight excluding hydrogens is 400 g/mol. The van der Waals surface area contributed by atoms with E-state index in [1.807, 2.05) is 0 Å². The number of carbonyl (C=O) groups excluding carboxylic acids is 2. The number of hydrogen-bond donors (Lipinski definition) is 1. The maximum absolute atomic E-state index is 14.6. The molecule has 160 valence electrons. The number of ketones is 1. The predicted molar refractivity (Wildman–Crippen MR) is 117 cm³/mol. The molecular formula is C24H23F2N3O2. The van der Waals surface area contributed by atoms with Gasteiger partial charge in [-0.15, -0.1) is 0 Å². The lowest BCUT2D eigenvalue weighted by molar-refractivity contribution is -0.118. The number of benzene rings is 2. The number of Topliss-reactive ketones (excluding diaryl/α,β-unsaturated/α-hetero) is 1. The van der Waals surface area contributed by atoms with E-state index >= 15 is 0 Å². The van der Waals surface area contributed by atoms with Gasteiger partial charge in [0.2, 0.25) is 5.91 Å². The molecule has 0 atom stereocenters. The molecule has 3 aromatic rings. The monoisotopic (exact) mass is 423 g/mol. The van der Waals surface area contributed by atoms with Crippen LogP contribution in [-0.4, -0.2) is 23.7 Å². The summed E-state index contributed by atoms with van der Waals surface area (Å²) in [7, 11) is 1.50. The molecule has 1 amide bonds. The van der Waals surface area contributed by atoms with E-state index in [2.05, 4.69) is 4.98 Å². The average molecular weight is 423 g/mol. The molecule has 7 heteroatoms. The molecule has 0 unspecified atom stereocenters. The topological polar surface area (TPSA) is 76.3 Å². The number of anilines is 2. The Labute approximate surface area is 179 Å². The number of carbonyl (C=O) groups is 2. The minimum atomic E-state index is -0.676. The highest BCUT2D eigenvalue weighted by Gasteiger charge is 2.16. The van der Waals surface area contributed by atoms with Crippen LogP contribution >= 0.6 is 0 Å². The Bertz CT molecular complexity index is 1130. The van der Waals surface area contributed by atoms with Crippen molar-refractivity contribution in [2.24, 2.45) is 0 Å². The van der Waals surface area contributed by atoms with Crippen LogP contribution in [0.1, 0.15) is 35.7 Å². The number of nitrogen functional groups attached to an aromatic ring is 1. The van der Waals surface area contributed by atoms with E-state index < -0.39 is 11.6 Å². The Balaban J connectivity index is 1.77. The summed E-state index contributed by atoms with van der Waals surface area (Å²) in [4.78, 5) is 29.5. The van der Waals surface area contributed by atoms with Gasteiger partial charge in [0, 0.05) is 26.1 Å². The zero-order chi connectivity index (χ0) is 22.5. The van der Waals surface area contributed by atoms with E-state index in [1.54, 1.807) is 37.4 Å². The largest absolute Gasteiger partial charge is 0.383 e. The van der Waals surface area contributed by atoms with Gasteiger partial charge in [-0.3, -0.25) is 9.59 Å². The van der Waals surface area contributed by atoms with Crippen molar-refractivity contribution in [2.75, 3.05) is 17.7 Å². The Morgan fingerprint density at radius 3 is 2.32 bits per heavy atom. The van der Waals surface area contributed by atoms with Crippen molar-refractivity contribution in [2.45, 2.75) is 26.2 Å². The van der Waals surface area contributed by atoms with Gasteiger partial charge in [-0.05, 0) is 53.4 Å². The first kappa shape index (κ1) is 22.1. The van der Waals surface area contributed by atoms with Crippen molar-refractivity contribution in [3.63, 3.8) is 0 Å². The number of nitrogens with zero attached hydrogens (tertiary/aromatic N) is 2. The molecule has 1 heterocycles. The lowest BCUT2D eigenvalue weighted by Gasteiger charge is -2.18. The summed E-state index contributed by atoms with van der Waals surface area (Å²) in [5, 5.41) is 0. The van der Waals surface area contributed by atoms with E-state index in [0.29, 0.717) is 23.4 Å². The van der Waals surface area contributed by atoms with Crippen LogP contribution in [0.25, 0.3) is 11.1 Å². The van der Waals surface area contributed by atoms with Crippen molar-refractivity contribution in [3.8, 4) is 11.1 Å². The SMILES string of the molecule is CCC(=O)N(C)c1ccc(-c2ccc(C(=O)CCc3cccnc3N)c(F)c2)cc1F. The standard InChI is InChI=1S/C24H23F2N3O2/c1-3-23(31)29(2)21-10-7-17(14-20(21)26)16-6-9-18(19(25)13-16)22(30)11-8-15-5-4-12-28-24(15)27/h4-7,9-10,12-14H,3,8,11H2,1-2H3,(H2,27,28). The van der Waals surface area contributed by atoms with Gasteiger partial charge in [0.25, 0.3) is 0 Å². The Hall–Kier alpha value is -3.61. The molecule has 3 rings (SSSR count). The van der Waals surface area contributed by atoms with Crippen LogP contribution in [0.3, 0.4) is 0 Å². The smallest absolute Gasteiger partial charge is 0.226 e. The van der Waals surface area contributed by atoms with E-state index in [0.717, 1.165) is 5.56 Å². The van der Waals surface area contributed by atoms with Crippen LogP contribution in [-0.2, 0) is 11.2 Å². The second-order valence-corrected chi connectivity index (χ2v) is 7.14. The summed E-state index contributed by atoms with van der Waals surface area (Å²) in [6, 6.07) is 12.0. The molecule has 0 saturated heterocycles. The summed E-state index contributed by atoms with van der Waals surface area (Å²) in [5.74, 6) is -1.48. The summed E-state index contributed by atoms with van der Waals surface area (Å²) in [6.07, 6.45) is 2.27. The summed E-state index contributed by atoms with van der Waals surface area (Å²) < 4.78 is 29.2. The molecule has 0 spiro atoms. The van der Waals surface area contributed by atoms with Gasteiger partial charge in [0.1, 0.15) is 17.5 Å². The van der Waals surface area contributed by atoms with E-state index in [9.17, 15) is 18.4 Å². The summed E-state index contributed by atoms with van der Waals surface area (Å²) in [5.41, 5.74) is 7.50. The number of rotatable bonds is 7. The number of aromatic nitrogens is 1.